The van der Waals surface area contributed by atoms with E-state index in [0.29, 0.717) is 0 Å². The van der Waals surface area contributed by atoms with Crippen molar-refractivity contribution < 1.29 is 0 Å². The van der Waals surface area contributed by atoms with E-state index >= 15 is 0 Å². The van der Waals surface area contributed by atoms with Crippen molar-refractivity contribution in [1.29, 1.82) is 0 Å². The van der Waals surface area contributed by atoms with Crippen LogP contribution in [-0.4, -0.2) is 8.97 Å². The Morgan fingerprint density at radius 1 is 0.368 bits per heavy atom. The van der Waals surface area contributed by atoms with Crippen LogP contribution < -0.4 is 0 Å². The van der Waals surface area contributed by atoms with E-state index in [0.717, 1.165) is 5.69 Å². The molecule has 0 saturated carbocycles. The highest BCUT2D eigenvalue weighted by Crippen LogP contribution is 2.42. The lowest BCUT2D eigenvalue weighted by Gasteiger charge is -2.12. The fourth-order valence-electron chi connectivity index (χ4n) is 6.07. The molecule has 0 aliphatic rings. The Labute approximate surface area is 220 Å². The molecule has 2 heteroatoms. The summed E-state index contributed by atoms with van der Waals surface area (Å²) in [6.07, 6.45) is 2.24. The molecule has 0 spiro atoms. The van der Waals surface area contributed by atoms with E-state index in [-0.39, 0.29) is 0 Å². The summed E-state index contributed by atoms with van der Waals surface area (Å²) in [6, 6.07) is 50.1. The van der Waals surface area contributed by atoms with Gasteiger partial charge >= 0.3 is 0 Å². The lowest BCUT2D eigenvalue weighted by molar-refractivity contribution is 1.17. The Kier molecular flexibility index (Phi) is 4.55. The van der Waals surface area contributed by atoms with Crippen LogP contribution in [0.15, 0.2) is 146 Å². The predicted octanol–water partition coefficient (Wildman–Crippen LogP) is 9.52. The van der Waals surface area contributed by atoms with Gasteiger partial charge in [-0.1, -0.05) is 109 Å². The summed E-state index contributed by atoms with van der Waals surface area (Å²) in [4.78, 5) is 0. The second-order valence-corrected chi connectivity index (χ2v) is 9.82. The Hall–Kier alpha value is -5.08. The average Bonchev–Trinajstić information content (AvgIpc) is 3.51. The summed E-state index contributed by atoms with van der Waals surface area (Å²) in [5, 5.41) is 3.80. The lowest BCUT2D eigenvalue weighted by atomic mass is 10.0. The Balaban J connectivity index is 1.52. The Bertz CT molecular complexity index is 2100. The van der Waals surface area contributed by atoms with Crippen LogP contribution in [0.4, 0.5) is 0 Å². The molecule has 3 heterocycles. The van der Waals surface area contributed by atoms with Crippen molar-refractivity contribution in [2.24, 2.45) is 0 Å². The Morgan fingerprint density at radius 2 is 0.947 bits per heavy atom. The molecule has 0 aliphatic carbocycles. The quantitative estimate of drug-likeness (QED) is 0.236. The summed E-state index contributed by atoms with van der Waals surface area (Å²) in [5.74, 6) is 0. The van der Waals surface area contributed by atoms with E-state index in [4.69, 9.17) is 0 Å². The standard InChI is InChI=1S/C36H24N2/c1-3-11-25(12-4-1)26-19-21-28(22-20-26)38-33-18-10-7-15-29(33)30-23-24-37-32-17-9-8-16-31(32)34(36(37)35(30)38)27-13-5-2-6-14-27/h1-24H. The molecule has 0 bridgehead atoms. The van der Waals surface area contributed by atoms with Crippen LogP contribution >= 0.6 is 0 Å². The van der Waals surface area contributed by atoms with Crippen molar-refractivity contribution in [1.82, 2.24) is 8.97 Å². The number of benzene rings is 5. The minimum atomic E-state index is 1.16. The molecule has 0 N–H and O–H groups in total. The number of hydrogen-bond donors (Lipinski definition) is 0. The van der Waals surface area contributed by atoms with Gasteiger partial charge in [-0.2, -0.15) is 0 Å². The van der Waals surface area contributed by atoms with Crippen molar-refractivity contribution in [2.45, 2.75) is 0 Å². The third-order valence-corrected chi connectivity index (χ3v) is 7.73. The molecule has 178 valence electrons. The van der Waals surface area contributed by atoms with Gasteiger partial charge in [-0.15, -0.1) is 0 Å². The lowest BCUT2D eigenvalue weighted by Crippen LogP contribution is -1.96. The monoisotopic (exact) mass is 484 g/mol. The van der Waals surface area contributed by atoms with Crippen molar-refractivity contribution in [3.63, 3.8) is 0 Å². The zero-order chi connectivity index (χ0) is 25.1. The van der Waals surface area contributed by atoms with Gasteiger partial charge in [-0.25, -0.2) is 0 Å². The number of rotatable bonds is 3. The first-order valence-corrected chi connectivity index (χ1v) is 13.0. The summed E-state index contributed by atoms with van der Waals surface area (Å²) in [7, 11) is 0. The highest BCUT2D eigenvalue weighted by molar-refractivity contribution is 6.20. The van der Waals surface area contributed by atoms with E-state index in [1.165, 1.54) is 60.5 Å². The SMILES string of the molecule is c1ccc(-c2ccc(-n3c4ccccc4c4ccn5c6ccccc6c(-c6ccccc6)c5c43)cc2)cc1. The van der Waals surface area contributed by atoms with E-state index in [1.54, 1.807) is 0 Å². The van der Waals surface area contributed by atoms with Gasteiger partial charge in [0, 0.05) is 33.6 Å². The number of para-hydroxylation sites is 2. The van der Waals surface area contributed by atoms with Crippen LogP contribution in [0.1, 0.15) is 0 Å². The molecule has 0 unspecified atom stereocenters. The van der Waals surface area contributed by atoms with Crippen molar-refractivity contribution in [3.8, 4) is 27.9 Å². The average molecular weight is 485 g/mol. The zero-order valence-electron chi connectivity index (χ0n) is 20.8. The van der Waals surface area contributed by atoms with E-state index < -0.39 is 0 Å². The maximum atomic E-state index is 2.44. The van der Waals surface area contributed by atoms with E-state index in [1.807, 2.05) is 0 Å². The molecular weight excluding hydrogens is 460 g/mol. The molecule has 0 saturated heterocycles. The maximum Gasteiger partial charge on any atom is 0.0790 e. The van der Waals surface area contributed by atoms with Crippen LogP contribution in [0, 0.1) is 0 Å². The molecule has 0 atom stereocenters. The van der Waals surface area contributed by atoms with Gasteiger partial charge in [0.05, 0.1) is 22.1 Å². The molecular formula is C36H24N2. The van der Waals surface area contributed by atoms with Crippen LogP contribution in [0.5, 0.6) is 0 Å². The number of aromatic nitrogens is 2. The van der Waals surface area contributed by atoms with Crippen LogP contribution in [-0.2, 0) is 0 Å². The van der Waals surface area contributed by atoms with E-state index in [9.17, 15) is 0 Å². The minimum absolute atomic E-state index is 1.16. The molecule has 0 fully saturated rings. The van der Waals surface area contributed by atoms with Gasteiger partial charge < -0.3 is 8.97 Å². The first-order valence-electron chi connectivity index (χ1n) is 13.0. The van der Waals surface area contributed by atoms with Crippen LogP contribution in [0.2, 0.25) is 0 Å². The van der Waals surface area contributed by atoms with E-state index in [2.05, 4.69) is 155 Å². The van der Waals surface area contributed by atoms with Crippen molar-refractivity contribution in [2.75, 3.05) is 0 Å². The Morgan fingerprint density at radius 3 is 1.68 bits per heavy atom. The van der Waals surface area contributed by atoms with Gasteiger partial charge in [0.15, 0.2) is 0 Å². The summed E-state index contributed by atoms with van der Waals surface area (Å²) in [6.45, 7) is 0. The van der Waals surface area contributed by atoms with Crippen LogP contribution in [0.25, 0.3) is 66.2 Å². The molecule has 0 amide bonds. The second kappa shape index (κ2) is 8.22. The molecule has 0 radical (unpaired) electrons. The normalized spacial score (nSPS) is 11.7. The summed E-state index contributed by atoms with van der Waals surface area (Å²) < 4.78 is 4.81. The first-order chi connectivity index (χ1) is 18.9. The van der Waals surface area contributed by atoms with Crippen molar-refractivity contribution >= 4 is 38.2 Å². The number of fused-ring (bicyclic) bond motifs is 7. The van der Waals surface area contributed by atoms with Crippen molar-refractivity contribution in [3.05, 3.63) is 146 Å². The fourth-order valence-corrected chi connectivity index (χ4v) is 6.07. The third-order valence-electron chi connectivity index (χ3n) is 7.73. The van der Waals surface area contributed by atoms with Gasteiger partial charge in [-0.05, 0) is 47.0 Å². The fraction of sp³-hybridized carbons (Fsp3) is 0. The molecule has 38 heavy (non-hydrogen) atoms. The molecule has 2 nitrogen and oxygen atoms in total. The van der Waals surface area contributed by atoms with Gasteiger partial charge in [0.25, 0.3) is 0 Å². The minimum Gasteiger partial charge on any atom is -0.314 e. The van der Waals surface area contributed by atoms with Gasteiger partial charge in [0.1, 0.15) is 0 Å². The largest absolute Gasteiger partial charge is 0.314 e. The second-order valence-electron chi connectivity index (χ2n) is 9.82. The van der Waals surface area contributed by atoms with Crippen LogP contribution in [0.3, 0.4) is 0 Å². The molecule has 3 aromatic heterocycles. The molecule has 8 rings (SSSR count). The van der Waals surface area contributed by atoms with Gasteiger partial charge in [-0.3, -0.25) is 0 Å². The van der Waals surface area contributed by atoms with Gasteiger partial charge in [0.2, 0.25) is 0 Å². The molecule has 8 aromatic rings. The number of hydrogen-bond acceptors (Lipinski definition) is 0. The molecule has 5 aromatic carbocycles. The zero-order valence-corrected chi connectivity index (χ0v) is 20.8. The predicted molar refractivity (Wildman–Crippen MR) is 160 cm³/mol. The summed E-state index contributed by atoms with van der Waals surface area (Å²) in [5.41, 5.74) is 11.0. The first kappa shape index (κ1) is 21.0. The number of pyridine rings is 1. The number of nitrogens with zero attached hydrogens (tertiary/aromatic N) is 2. The maximum absolute atomic E-state index is 2.44. The highest BCUT2D eigenvalue weighted by Gasteiger charge is 2.21. The molecule has 0 aliphatic heterocycles. The summed E-state index contributed by atoms with van der Waals surface area (Å²) >= 11 is 0. The highest BCUT2D eigenvalue weighted by atomic mass is 15.0. The third kappa shape index (κ3) is 3.01. The topological polar surface area (TPSA) is 9.34 Å². The smallest absolute Gasteiger partial charge is 0.0790 e.